The molecule has 0 aliphatic carbocycles. The lowest BCUT2D eigenvalue weighted by Gasteiger charge is -2.11. The van der Waals surface area contributed by atoms with E-state index in [1.165, 1.54) is 5.56 Å². The molecule has 0 atom stereocenters. The Bertz CT molecular complexity index is 609. The van der Waals surface area contributed by atoms with Crippen molar-refractivity contribution in [3.63, 3.8) is 0 Å². The molecule has 1 heterocycles. The van der Waals surface area contributed by atoms with Crippen LogP contribution in [0.4, 0.5) is 0 Å². The predicted octanol–water partition coefficient (Wildman–Crippen LogP) is 4.86. The van der Waals surface area contributed by atoms with Crippen LogP contribution in [0.3, 0.4) is 0 Å². The van der Waals surface area contributed by atoms with E-state index in [0.29, 0.717) is 16.1 Å². The van der Waals surface area contributed by atoms with Gasteiger partial charge in [-0.25, -0.2) is 0 Å². The van der Waals surface area contributed by atoms with Gasteiger partial charge in [0.25, 0.3) is 0 Å². The van der Waals surface area contributed by atoms with Crippen LogP contribution < -0.4 is 5.32 Å². The van der Waals surface area contributed by atoms with Crippen LogP contribution in [0, 0.1) is 6.92 Å². The maximum atomic E-state index is 6.05. The highest BCUT2D eigenvalue weighted by atomic mass is 35.5. The van der Waals surface area contributed by atoms with Crippen molar-refractivity contribution >= 4 is 23.2 Å². The van der Waals surface area contributed by atoms with Crippen LogP contribution in [0.15, 0.2) is 30.3 Å². The number of hydrogen-bond acceptors (Lipinski definition) is 2. The van der Waals surface area contributed by atoms with Gasteiger partial charge in [-0.1, -0.05) is 49.2 Å². The van der Waals surface area contributed by atoms with Crippen LogP contribution in [0.1, 0.15) is 25.1 Å². The predicted molar refractivity (Wildman–Crippen MR) is 86.4 cm³/mol. The van der Waals surface area contributed by atoms with E-state index in [9.17, 15) is 0 Å². The Hall–Kier alpha value is -1.09. The molecule has 0 saturated carbocycles. The number of aryl methyl sites for hydroxylation is 1. The highest BCUT2D eigenvalue weighted by molar-refractivity contribution is 6.42. The fourth-order valence-electron chi connectivity index (χ4n) is 1.91. The first-order valence-electron chi connectivity index (χ1n) is 6.62. The SMILES string of the molecule is Cc1nc(-c2ccc(Cl)c(Cl)c2)ccc1CNC(C)C. The van der Waals surface area contributed by atoms with Crippen molar-refractivity contribution in [1.29, 1.82) is 0 Å². The van der Waals surface area contributed by atoms with Gasteiger partial charge in [0, 0.05) is 23.8 Å². The maximum Gasteiger partial charge on any atom is 0.0705 e. The van der Waals surface area contributed by atoms with Gasteiger partial charge in [0.1, 0.15) is 0 Å². The fraction of sp³-hybridized carbons (Fsp3) is 0.312. The highest BCUT2D eigenvalue weighted by Gasteiger charge is 2.06. The molecule has 20 heavy (non-hydrogen) atoms. The van der Waals surface area contributed by atoms with E-state index in [0.717, 1.165) is 23.5 Å². The summed E-state index contributed by atoms with van der Waals surface area (Å²) in [6, 6.07) is 10.2. The smallest absolute Gasteiger partial charge is 0.0705 e. The zero-order valence-corrected chi connectivity index (χ0v) is 13.4. The molecule has 1 N–H and O–H groups in total. The van der Waals surface area contributed by atoms with E-state index >= 15 is 0 Å². The van der Waals surface area contributed by atoms with E-state index in [2.05, 4.69) is 30.2 Å². The highest BCUT2D eigenvalue weighted by Crippen LogP contribution is 2.28. The Kier molecular flexibility index (Phi) is 5.03. The number of nitrogens with one attached hydrogen (secondary N) is 1. The number of rotatable bonds is 4. The minimum atomic E-state index is 0.462. The summed E-state index contributed by atoms with van der Waals surface area (Å²) in [6.45, 7) is 7.12. The zero-order chi connectivity index (χ0) is 14.7. The number of benzene rings is 1. The van der Waals surface area contributed by atoms with Crippen molar-refractivity contribution in [1.82, 2.24) is 10.3 Å². The Labute approximate surface area is 130 Å². The summed E-state index contributed by atoms with van der Waals surface area (Å²) >= 11 is 12.0. The summed E-state index contributed by atoms with van der Waals surface area (Å²) in [4.78, 5) is 4.65. The number of pyridine rings is 1. The number of hydrogen-bond donors (Lipinski definition) is 1. The molecule has 0 bridgehead atoms. The van der Waals surface area contributed by atoms with Gasteiger partial charge in [-0.15, -0.1) is 0 Å². The summed E-state index contributed by atoms with van der Waals surface area (Å²) < 4.78 is 0. The van der Waals surface area contributed by atoms with Gasteiger partial charge in [0.2, 0.25) is 0 Å². The first-order valence-corrected chi connectivity index (χ1v) is 7.38. The largest absolute Gasteiger partial charge is 0.310 e. The molecule has 106 valence electrons. The minimum absolute atomic E-state index is 0.462. The molecule has 0 spiro atoms. The van der Waals surface area contributed by atoms with Crippen molar-refractivity contribution in [2.45, 2.75) is 33.4 Å². The fourth-order valence-corrected chi connectivity index (χ4v) is 2.21. The summed E-state index contributed by atoms with van der Waals surface area (Å²) in [6.07, 6.45) is 0. The van der Waals surface area contributed by atoms with Crippen LogP contribution in [-0.4, -0.2) is 11.0 Å². The molecule has 0 radical (unpaired) electrons. The van der Waals surface area contributed by atoms with Gasteiger partial charge in [-0.05, 0) is 30.7 Å². The molecule has 0 saturated heterocycles. The molecular formula is C16H18Cl2N2. The average molecular weight is 309 g/mol. The molecule has 4 heteroatoms. The lowest BCUT2D eigenvalue weighted by molar-refractivity contribution is 0.586. The van der Waals surface area contributed by atoms with E-state index in [1.54, 1.807) is 6.07 Å². The van der Waals surface area contributed by atoms with Gasteiger partial charge in [0.15, 0.2) is 0 Å². The lowest BCUT2D eigenvalue weighted by Crippen LogP contribution is -2.22. The molecular weight excluding hydrogens is 291 g/mol. The zero-order valence-electron chi connectivity index (χ0n) is 11.9. The molecule has 1 aromatic heterocycles. The van der Waals surface area contributed by atoms with Gasteiger partial charge < -0.3 is 5.32 Å². The van der Waals surface area contributed by atoms with Crippen LogP contribution in [0.25, 0.3) is 11.3 Å². The van der Waals surface area contributed by atoms with Crippen LogP contribution in [0.5, 0.6) is 0 Å². The number of nitrogens with zero attached hydrogens (tertiary/aromatic N) is 1. The topological polar surface area (TPSA) is 24.9 Å². The first-order chi connectivity index (χ1) is 9.47. The summed E-state index contributed by atoms with van der Waals surface area (Å²) in [5, 5.41) is 4.51. The first kappa shape index (κ1) is 15.3. The van der Waals surface area contributed by atoms with Crippen LogP contribution >= 0.6 is 23.2 Å². The molecule has 0 fully saturated rings. The number of aromatic nitrogens is 1. The van der Waals surface area contributed by atoms with Gasteiger partial charge in [-0.2, -0.15) is 0 Å². The Morgan fingerprint density at radius 2 is 1.85 bits per heavy atom. The quantitative estimate of drug-likeness (QED) is 0.872. The molecule has 0 aliphatic rings. The van der Waals surface area contributed by atoms with Crippen molar-refractivity contribution in [3.8, 4) is 11.3 Å². The van der Waals surface area contributed by atoms with Crippen molar-refractivity contribution in [2.24, 2.45) is 0 Å². The van der Waals surface area contributed by atoms with Crippen molar-refractivity contribution in [3.05, 3.63) is 51.6 Å². The molecule has 0 aliphatic heterocycles. The summed E-state index contributed by atoms with van der Waals surface area (Å²) in [5.74, 6) is 0. The van der Waals surface area contributed by atoms with Crippen molar-refractivity contribution < 1.29 is 0 Å². The van der Waals surface area contributed by atoms with E-state index in [4.69, 9.17) is 23.2 Å². The third kappa shape index (κ3) is 3.72. The lowest BCUT2D eigenvalue weighted by atomic mass is 10.1. The van der Waals surface area contributed by atoms with E-state index in [1.807, 2.05) is 25.1 Å². The summed E-state index contributed by atoms with van der Waals surface area (Å²) in [7, 11) is 0. The minimum Gasteiger partial charge on any atom is -0.310 e. The van der Waals surface area contributed by atoms with E-state index < -0.39 is 0 Å². The Morgan fingerprint density at radius 3 is 2.45 bits per heavy atom. The van der Waals surface area contributed by atoms with Crippen LogP contribution in [-0.2, 0) is 6.54 Å². The second-order valence-electron chi connectivity index (χ2n) is 5.11. The summed E-state index contributed by atoms with van der Waals surface area (Å²) in [5.41, 5.74) is 4.13. The second kappa shape index (κ2) is 6.57. The Morgan fingerprint density at radius 1 is 1.10 bits per heavy atom. The molecule has 0 amide bonds. The molecule has 2 rings (SSSR count). The normalized spacial score (nSPS) is 11.1. The van der Waals surface area contributed by atoms with Gasteiger partial charge in [-0.3, -0.25) is 4.98 Å². The third-order valence-electron chi connectivity index (χ3n) is 3.11. The monoisotopic (exact) mass is 308 g/mol. The van der Waals surface area contributed by atoms with Gasteiger partial charge >= 0.3 is 0 Å². The second-order valence-corrected chi connectivity index (χ2v) is 5.92. The van der Waals surface area contributed by atoms with Crippen molar-refractivity contribution in [2.75, 3.05) is 0 Å². The van der Waals surface area contributed by atoms with E-state index in [-0.39, 0.29) is 0 Å². The Balaban J connectivity index is 2.26. The third-order valence-corrected chi connectivity index (χ3v) is 3.85. The van der Waals surface area contributed by atoms with Gasteiger partial charge in [0.05, 0.1) is 15.7 Å². The number of halogens is 2. The standard InChI is InChI=1S/C16H18Cl2N2/c1-10(2)19-9-13-5-7-16(20-11(13)3)12-4-6-14(17)15(18)8-12/h4-8,10,19H,9H2,1-3H3. The van der Waals surface area contributed by atoms with Crippen LogP contribution in [0.2, 0.25) is 10.0 Å². The average Bonchev–Trinajstić information content (AvgIpc) is 2.40. The maximum absolute atomic E-state index is 6.05. The molecule has 1 aromatic carbocycles. The molecule has 2 aromatic rings. The molecule has 0 unspecified atom stereocenters. The molecule has 2 nitrogen and oxygen atoms in total.